The fourth-order valence-electron chi connectivity index (χ4n) is 2.28. The van der Waals surface area contributed by atoms with Gasteiger partial charge in [0, 0.05) is 6.54 Å². The highest BCUT2D eigenvalue weighted by Gasteiger charge is 2.50. The second kappa shape index (κ2) is 5.21. The summed E-state index contributed by atoms with van der Waals surface area (Å²) in [6.45, 7) is 7.23. The largest absolute Gasteiger partial charge is 0.468 e. The van der Waals surface area contributed by atoms with E-state index in [4.69, 9.17) is 9.47 Å². The van der Waals surface area contributed by atoms with Crippen molar-refractivity contribution < 1.29 is 23.8 Å². The molecule has 2 aliphatic rings. The minimum atomic E-state index is -0.499. The molecule has 7 heteroatoms. The molecule has 2 aliphatic heterocycles. The summed E-state index contributed by atoms with van der Waals surface area (Å²) in [5.74, 6) is -0.330. The summed E-state index contributed by atoms with van der Waals surface area (Å²) in [7, 11) is 1.35. The quantitative estimate of drug-likeness (QED) is 0.691. The van der Waals surface area contributed by atoms with Crippen molar-refractivity contribution in [1.29, 1.82) is 0 Å². The number of hydrogen-bond acceptors (Lipinski definition) is 6. The van der Waals surface area contributed by atoms with Gasteiger partial charge in [-0.2, -0.15) is 0 Å². The molecule has 2 heterocycles. The Morgan fingerprint density at radius 2 is 2.00 bits per heavy atom. The van der Waals surface area contributed by atoms with Crippen LogP contribution in [0.5, 0.6) is 0 Å². The Morgan fingerprint density at radius 3 is 2.45 bits per heavy atom. The average Bonchev–Trinajstić information content (AvgIpc) is 2.33. The van der Waals surface area contributed by atoms with Crippen LogP contribution in [0.4, 0.5) is 4.79 Å². The zero-order valence-electron chi connectivity index (χ0n) is 12.4. The Balaban J connectivity index is 1.79. The van der Waals surface area contributed by atoms with Gasteiger partial charge in [-0.15, -0.1) is 0 Å². The molecular weight excluding hydrogens is 264 g/mol. The molecule has 7 nitrogen and oxygen atoms in total. The third-order valence-electron chi connectivity index (χ3n) is 3.32. The van der Waals surface area contributed by atoms with E-state index in [2.05, 4.69) is 10.1 Å². The van der Waals surface area contributed by atoms with E-state index in [0.29, 0.717) is 19.6 Å². The monoisotopic (exact) mass is 286 g/mol. The van der Waals surface area contributed by atoms with Crippen LogP contribution in [0.25, 0.3) is 0 Å². The fourth-order valence-corrected chi connectivity index (χ4v) is 2.28. The van der Waals surface area contributed by atoms with Crippen molar-refractivity contribution in [2.75, 3.05) is 33.4 Å². The Labute approximate surface area is 118 Å². The van der Waals surface area contributed by atoms with Crippen LogP contribution in [-0.2, 0) is 19.0 Å². The molecule has 2 fully saturated rings. The highest BCUT2D eigenvalue weighted by molar-refractivity contribution is 5.76. The predicted octanol–water partition coefficient (Wildman–Crippen LogP) is 0.137. The van der Waals surface area contributed by atoms with Gasteiger partial charge in [0.1, 0.15) is 17.2 Å². The zero-order chi connectivity index (χ0) is 15.0. The Kier molecular flexibility index (Phi) is 3.93. The predicted molar refractivity (Wildman–Crippen MR) is 70.3 cm³/mol. The second-order valence-electron chi connectivity index (χ2n) is 6.29. The van der Waals surface area contributed by atoms with Gasteiger partial charge in [0.15, 0.2) is 0 Å². The van der Waals surface area contributed by atoms with Gasteiger partial charge in [0.2, 0.25) is 0 Å². The number of esters is 1. The number of hydrogen-bond donors (Lipinski definition) is 1. The average molecular weight is 286 g/mol. The standard InChI is InChI=1S/C13H22N2O5/c1-12(2,3)20-11(17)15-7-13(8-15)6-14-9(5-19-13)10(16)18-4/h9,14H,5-8H2,1-4H3. The Bertz CT molecular complexity index is 388. The highest BCUT2D eigenvalue weighted by Crippen LogP contribution is 2.29. The van der Waals surface area contributed by atoms with Crippen molar-refractivity contribution >= 4 is 12.1 Å². The second-order valence-corrected chi connectivity index (χ2v) is 6.29. The van der Waals surface area contributed by atoms with Gasteiger partial charge in [-0.05, 0) is 20.8 Å². The smallest absolute Gasteiger partial charge is 0.410 e. The van der Waals surface area contributed by atoms with Gasteiger partial charge in [-0.1, -0.05) is 0 Å². The third-order valence-corrected chi connectivity index (χ3v) is 3.32. The SMILES string of the molecule is COC(=O)C1COC2(CN1)CN(C(=O)OC(C)(C)C)C2. The number of morpholine rings is 1. The molecule has 0 aliphatic carbocycles. The molecular formula is C13H22N2O5. The molecule has 1 atom stereocenters. The molecule has 1 N–H and O–H groups in total. The van der Waals surface area contributed by atoms with E-state index in [9.17, 15) is 9.59 Å². The summed E-state index contributed by atoms with van der Waals surface area (Å²) in [5.41, 5.74) is -0.900. The Hall–Kier alpha value is -1.34. The lowest BCUT2D eigenvalue weighted by atomic mass is 9.92. The van der Waals surface area contributed by atoms with Gasteiger partial charge in [-0.3, -0.25) is 10.1 Å². The van der Waals surface area contributed by atoms with Crippen molar-refractivity contribution in [2.45, 2.75) is 38.0 Å². The van der Waals surface area contributed by atoms with Gasteiger partial charge >= 0.3 is 12.1 Å². The van der Waals surface area contributed by atoms with Gasteiger partial charge in [0.05, 0.1) is 26.8 Å². The number of amides is 1. The molecule has 1 unspecified atom stereocenters. The minimum Gasteiger partial charge on any atom is -0.468 e. The van der Waals surface area contributed by atoms with Gasteiger partial charge in [0.25, 0.3) is 0 Å². The highest BCUT2D eigenvalue weighted by atomic mass is 16.6. The van der Waals surface area contributed by atoms with Crippen LogP contribution in [0, 0.1) is 0 Å². The number of carbonyl (C=O) groups is 2. The van der Waals surface area contributed by atoms with E-state index in [-0.39, 0.29) is 18.7 Å². The molecule has 1 spiro atoms. The molecule has 0 aromatic heterocycles. The maximum absolute atomic E-state index is 11.8. The molecule has 1 amide bonds. The van der Waals surface area contributed by atoms with E-state index in [0.717, 1.165) is 0 Å². The first-order valence-corrected chi connectivity index (χ1v) is 6.68. The molecule has 0 aromatic rings. The first kappa shape index (κ1) is 15.1. The minimum absolute atomic E-state index is 0.259. The third kappa shape index (κ3) is 3.21. The number of likely N-dealkylation sites (tertiary alicyclic amines) is 1. The molecule has 0 aromatic carbocycles. The summed E-state index contributed by atoms with van der Waals surface area (Å²) in [5, 5.41) is 3.09. The lowest BCUT2D eigenvalue weighted by Crippen LogP contribution is -2.73. The summed E-state index contributed by atoms with van der Waals surface area (Å²) in [6, 6.07) is -0.429. The Morgan fingerprint density at radius 1 is 1.35 bits per heavy atom. The maximum Gasteiger partial charge on any atom is 0.410 e. The summed E-state index contributed by atoms with van der Waals surface area (Å²) >= 11 is 0. The van der Waals surface area contributed by atoms with Gasteiger partial charge < -0.3 is 19.1 Å². The molecule has 114 valence electrons. The van der Waals surface area contributed by atoms with Gasteiger partial charge in [-0.25, -0.2) is 4.79 Å². The molecule has 2 rings (SSSR count). The van der Waals surface area contributed by atoms with E-state index >= 15 is 0 Å². The van der Waals surface area contributed by atoms with Crippen LogP contribution >= 0.6 is 0 Å². The van der Waals surface area contributed by atoms with E-state index in [1.165, 1.54) is 7.11 Å². The molecule has 0 bridgehead atoms. The van der Waals surface area contributed by atoms with E-state index in [1.54, 1.807) is 4.90 Å². The summed E-state index contributed by atoms with van der Waals surface area (Å²) < 4.78 is 15.7. The number of nitrogens with one attached hydrogen (secondary N) is 1. The normalized spacial score (nSPS) is 25.0. The lowest BCUT2D eigenvalue weighted by Gasteiger charge is -2.52. The topological polar surface area (TPSA) is 77.1 Å². The number of methoxy groups -OCH3 is 1. The van der Waals surface area contributed by atoms with E-state index in [1.807, 2.05) is 20.8 Å². The number of nitrogens with zero attached hydrogens (tertiary/aromatic N) is 1. The van der Waals surface area contributed by atoms with Crippen LogP contribution in [0.3, 0.4) is 0 Å². The van der Waals surface area contributed by atoms with E-state index < -0.39 is 17.2 Å². The van der Waals surface area contributed by atoms with Crippen molar-refractivity contribution in [3.05, 3.63) is 0 Å². The van der Waals surface area contributed by atoms with Crippen molar-refractivity contribution in [3.8, 4) is 0 Å². The van der Waals surface area contributed by atoms with Crippen LogP contribution in [0.2, 0.25) is 0 Å². The van der Waals surface area contributed by atoms with Crippen LogP contribution in [0.1, 0.15) is 20.8 Å². The number of ether oxygens (including phenoxy) is 3. The molecule has 0 saturated carbocycles. The fraction of sp³-hybridized carbons (Fsp3) is 0.846. The first-order valence-electron chi connectivity index (χ1n) is 6.68. The van der Waals surface area contributed by atoms with Crippen molar-refractivity contribution in [3.63, 3.8) is 0 Å². The molecule has 0 radical (unpaired) electrons. The van der Waals surface area contributed by atoms with Crippen LogP contribution in [0.15, 0.2) is 0 Å². The number of carbonyl (C=O) groups excluding carboxylic acids is 2. The molecule has 2 saturated heterocycles. The number of rotatable bonds is 1. The summed E-state index contributed by atoms with van der Waals surface area (Å²) in [6.07, 6.45) is -0.332. The lowest BCUT2D eigenvalue weighted by molar-refractivity contribution is -0.174. The maximum atomic E-state index is 11.8. The van der Waals surface area contributed by atoms with Crippen molar-refractivity contribution in [2.24, 2.45) is 0 Å². The van der Waals surface area contributed by atoms with Crippen molar-refractivity contribution in [1.82, 2.24) is 10.2 Å². The summed E-state index contributed by atoms with van der Waals surface area (Å²) in [4.78, 5) is 24.8. The van der Waals surface area contributed by atoms with Crippen LogP contribution < -0.4 is 5.32 Å². The molecule has 20 heavy (non-hydrogen) atoms. The van der Waals surface area contributed by atoms with Crippen LogP contribution in [-0.4, -0.2) is 67.6 Å². The first-order chi connectivity index (χ1) is 9.25. The zero-order valence-corrected chi connectivity index (χ0v) is 12.4.